The van der Waals surface area contributed by atoms with E-state index >= 15 is 0 Å². The van der Waals surface area contributed by atoms with E-state index in [1.165, 1.54) is 14.0 Å². The summed E-state index contributed by atoms with van der Waals surface area (Å²) < 4.78 is 4.69. The topological polar surface area (TPSA) is 78.8 Å². The van der Waals surface area contributed by atoms with E-state index in [0.717, 1.165) is 5.56 Å². The number of aliphatic hydroxyl groups is 2. The summed E-state index contributed by atoms with van der Waals surface area (Å²) in [5.41, 5.74) is 0.120. The Hall–Kier alpha value is -1.43. The molecule has 1 unspecified atom stereocenters. The molecule has 3 N–H and O–H groups in total. The van der Waals surface area contributed by atoms with Crippen LogP contribution in [0, 0.1) is 0 Å². The minimum Gasteiger partial charge on any atom is -0.465 e. The smallest absolute Gasteiger partial charge is 0.338 e. The highest BCUT2D eigenvalue weighted by Crippen LogP contribution is 2.10. The Morgan fingerprint density at radius 1 is 1.44 bits per heavy atom. The number of esters is 1. The lowest BCUT2D eigenvalue weighted by atomic mass is 10.1. The second-order valence-electron chi connectivity index (χ2n) is 4.41. The molecule has 0 fully saturated rings. The van der Waals surface area contributed by atoms with Crippen LogP contribution in [-0.2, 0) is 11.3 Å². The second kappa shape index (κ2) is 6.49. The molecule has 0 aliphatic carbocycles. The lowest BCUT2D eigenvalue weighted by Gasteiger charge is -2.21. The number of ether oxygens (including phenoxy) is 1. The van der Waals surface area contributed by atoms with E-state index in [9.17, 15) is 9.90 Å². The lowest BCUT2D eigenvalue weighted by Crippen LogP contribution is -2.40. The van der Waals surface area contributed by atoms with Crippen LogP contribution in [0.1, 0.15) is 22.8 Å². The third-order valence-electron chi connectivity index (χ3n) is 2.58. The zero-order valence-corrected chi connectivity index (χ0v) is 10.6. The minimum absolute atomic E-state index is 0.235. The highest BCUT2D eigenvalue weighted by molar-refractivity contribution is 5.90. The van der Waals surface area contributed by atoms with Gasteiger partial charge in [0.05, 0.1) is 24.9 Å². The summed E-state index contributed by atoms with van der Waals surface area (Å²) >= 11 is 0. The van der Waals surface area contributed by atoms with E-state index in [-0.39, 0.29) is 19.1 Å². The maximum atomic E-state index is 11.5. The molecular formula is C13H19NO4. The Kier molecular flexibility index (Phi) is 5.27. The molecule has 0 amide bonds. The van der Waals surface area contributed by atoms with E-state index in [4.69, 9.17) is 5.11 Å². The molecule has 0 bridgehead atoms. The van der Waals surface area contributed by atoms with Crippen molar-refractivity contribution in [1.29, 1.82) is 0 Å². The van der Waals surface area contributed by atoms with Crippen molar-refractivity contribution in [2.75, 3.05) is 20.3 Å². The van der Waals surface area contributed by atoms with Gasteiger partial charge in [-0.2, -0.15) is 0 Å². The third kappa shape index (κ3) is 4.10. The number of nitrogens with one attached hydrogen (secondary N) is 1. The first-order valence-electron chi connectivity index (χ1n) is 5.70. The monoisotopic (exact) mass is 253 g/mol. The van der Waals surface area contributed by atoms with Crippen molar-refractivity contribution in [3.8, 4) is 0 Å². The normalized spacial score (nSPS) is 14.0. The van der Waals surface area contributed by atoms with E-state index in [2.05, 4.69) is 10.1 Å². The van der Waals surface area contributed by atoms with Gasteiger partial charge in [-0.05, 0) is 18.6 Å². The molecule has 0 spiro atoms. The highest BCUT2D eigenvalue weighted by Gasteiger charge is 2.18. The van der Waals surface area contributed by atoms with Crippen LogP contribution in [0.15, 0.2) is 24.3 Å². The summed E-state index contributed by atoms with van der Waals surface area (Å²) in [6.45, 7) is 1.87. The Morgan fingerprint density at radius 2 is 2.11 bits per heavy atom. The van der Waals surface area contributed by atoms with Gasteiger partial charge in [-0.25, -0.2) is 4.79 Å². The van der Waals surface area contributed by atoms with Crippen molar-refractivity contribution in [2.45, 2.75) is 19.1 Å². The van der Waals surface area contributed by atoms with Crippen LogP contribution < -0.4 is 5.32 Å². The number of carbonyl (C=O) groups is 1. The number of rotatable bonds is 6. The zero-order chi connectivity index (χ0) is 13.6. The van der Waals surface area contributed by atoms with Gasteiger partial charge in [0, 0.05) is 13.1 Å². The molecule has 0 aliphatic heterocycles. The first-order chi connectivity index (χ1) is 8.50. The van der Waals surface area contributed by atoms with Crippen LogP contribution in [0.25, 0.3) is 0 Å². The predicted octanol–water partition coefficient (Wildman–Crippen LogP) is 0.306. The fourth-order valence-corrected chi connectivity index (χ4v) is 1.51. The maximum Gasteiger partial charge on any atom is 0.338 e. The van der Waals surface area contributed by atoms with Crippen LogP contribution >= 0.6 is 0 Å². The lowest BCUT2D eigenvalue weighted by molar-refractivity contribution is 0.00253. The van der Waals surface area contributed by atoms with Crippen molar-refractivity contribution >= 4 is 5.97 Å². The first kappa shape index (κ1) is 14.6. The molecule has 1 rings (SSSR count). The Labute approximate surface area is 106 Å². The minimum atomic E-state index is -1.17. The van der Waals surface area contributed by atoms with E-state index in [1.807, 2.05) is 12.1 Å². The molecule has 0 heterocycles. The van der Waals surface area contributed by atoms with Crippen LogP contribution in [0.5, 0.6) is 0 Å². The predicted molar refractivity (Wildman–Crippen MR) is 67.2 cm³/mol. The maximum absolute atomic E-state index is 11.5. The van der Waals surface area contributed by atoms with Gasteiger partial charge < -0.3 is 20.3 Å². The molecule has 0 aromatic heterocycles. The molecule has 0 radical (unpaired) electrons. The Morgan fingerprint density at radius 3 is 2.72 bits per heavy atom. The van der Waals surface area contributed by atoms with E-state index in [0.29, 0.717) is 12.1 Å². The SMILES string of the molecule is COC(=O)c1ccccc1CNCC(C)(O)CO. The molecule has 1 aromatic rings. The molecule has 5 nitrogen and oxygen atoms in total. The van der Waals surface area contributed by atoms with Gasteiger partial charge in [0.2, 0.25) is 0 Å². The van der Waals surface area contributed by atoms with E-state index < -0.39 is 5.60 Å². The van der Waals surface area contributed by atoms with Crippen molar-refractivity contribution in [3.05, 3.63) is 35.4 Å². The summed E-state index contributed by atoms with van der Waals surface area (Å²) in [5.74, 6) is -0.388. The summed E-state index contributed by atoms with van der Waals surface area (Å²) in [4.78, 5) is 11.5. The quantitative estimate of drug-likeness (QED) is 0.636. The van der Waals surface area contributed by atoms with Crippen molar-refractivity contribution < 1.29 is 19.7 Å². The molecule has 5 heteroatoms. The number of hydrogen-bond acceptors (Lipinski definition) is 5. The average molecular weight is 253 g/mol. The van der Waals surface area contributed by atoms with Crippen LogP contribution in [0.2, 0.25) is 0 Å². The van der Waals surface area contributed by atoms with Crippen molar-refractivity contribution in [1.82, 2.24) is 5.32 Å². The van der Waals surface area contributed by atoms with Gasteiger partial charge in [-0.3, -0.25) is 0 Å². The summed E-state index contributed by atoms with van der Waals surface area (Å²) in [7, 11) is 1.34. The zero-order valence-electron chi connectivity index (χ0n) is 10.6. The molecule has 1 atom stereocenters. The number of methoxy groups -OCH3 is 1. The van der Waals surface area contributed by atoms with Gasteiger partial charge in [0.15, 0.2) is 0 Å². The molecular weight excluding hydrogens is 234 g/mol. The van der Waals surface area contributed by atoms with Gasteiger partial charge in [-0.1, -0.05) is 18.2 Å². The molecule has 100 valence electrons. The average Bonchev–Trinajstić information content (AvgIpc) is 2.38. The number of hydrogen-bond donors (Lipinski definition) is 3. The number of carbonyl (C=O) groups excluding carboxylic acids is 1. The van der Waals surface area contributed by atoms with Crippen LogP contribution in [0.3, 0.4) is 0 Å². The van der Waals surface area contributed by atoms with Gasteiger partial charge in [-0.15, -0.1) is 0 Å². The van der Waals surface area contributed by atoms with Crippen LogP contribution in [0.4, 0.5) is 0 Å². The van der Waals surface area contributed by atoms with Crippen LogP contribution in [-0.4, -0.2) is 42.0 Å². The Balaban J connectivity index is 2.65. The Bertz CT molecular complexity index is 404. The molecule has 0 saturated heterocycles. The molecule has 1 aromatic carbocycles. The summed E-state index contributed by atoms with van der Waals surface area (Å²) in [5, 5.41) is 21.5. The summed E-state index contributed by atoms with van der Waals surface area (Å²) in [6.07, 6.45) is 0. The van der Waals surface area contributed by atoms with Gasteiger partial charge in [0.1, 0.15) is 0 Å². The van der Waals surface area contributed by atoms with Crippen molar-refractivity contribution in [3.63, 3.8) is 0 Å². The standard InChI is InChI=1S/C13H19NO4/c1-13(17,9-15)8-14-7-10-5-3-4-6-11(10)12(16)18-2/h3-6,14-15,17H,7-9H2,1-2H3. The molecule has 0 saturated carbocycles. The summed E-state index contributed by atoms with van der Waals surface area (Å²) in [6, 6.07) is 7.09. The first-order valence-corrected chi connectivity index (χ1v) is 5.70. The number of benzene rings is 1. The van der Waals surface area contributed by atoms with E-state index in [1.54, 1.807) is 12.1 Å². The molecule has 18 heavy (non-hydrogen) atoms. The van der Waals surface area contributed by atoms with Crippen molar-refractivity contribution in [2.24, 2.45) is 0 Å². The fraction of sp³-hybridized carbons (Fsp3) is 0.462. The third-order valence-corrected chi connectivity index (χ3v) is 2.58. The van der Waals surface area contributed by atoms with Gasteiger partial charge >= 0.3 is 5.97 Å². The highest BCUT2D eigenvalue weighted by atomic mass is 16.5. The molecule has 0 aliphatic rings. The number of aliphatic hydroxyl groups excluding tert-OH is 1. The fourth-order valence-electron chi connectivity index (χ4n) is 1.51. The van der Waals surface area contributed by atoms with Gasteiger partial charge in [0.25, 0.3) is 0 Å². The largest absolute Gasteiger partial charge is 0.465 e. The second-order valence-corrected chi connectivity index (χ2v) is 4.41.